The van der Waals surface area contributed by atoms with E-state index in [1.807, 2.05) is 25.1 Å². The second-order valence-corrected chi connectivity index (χ2v) is 6.53. The molecule has 1 aliphatic rings. The van der Waals surface area contributed by atoms with Crippen molar-refractivity contribution < 1.29 is 9.18 Å². The van der Waals surface area contributed by atoms with E-state index in [0.717, 1.165) is 35.0 Å². The van der Waals surface area contributed by atoms with Gasteiger partial charge in [0.15, 0.2) is 0 Å². The van der Waals surface area contributed by atoms with Crippen LogP contribution in [0.3, 0.4) is 0 Å². The zero-order valence-corrected chi connectivity index (χ0v) is 13.5. The molecule has 4 rings (SSSR count). The Kier molecular flexibility index (Phi) is 3.41. The van der Waals surface area contributed by atoms with Crippen molar-refractivity contribution in [3.63, 3.8) is 0 Å². The first-order valence-corrected chi connectivity index (χ1v) is 8.21. The molecule has 2 N–H and O–H groups in total. The van der Waals surface area contributed by atoms with E-state index in [4.69, 9.17) is 0 Å². The molecule has 1 aliphatic carbocycles. The number of aromatic amines is 1. The normalized spacial score (nSPS) is 15.4. The number of halogens is 1. The molecule has 0 spiro atoms. The Morgan fingerprint density at radius 3 is 2.62 bits per heavy atom. The number of aryl methyl sites for hydroxylation is 1. The van der Waals surface area contributed by atoms with Gasteiger partial charge in [-0.3, -0.25) is 4.79 Å². The molecule has 0 atom stereocenters. The van der Waals surface area contributed by atoms with Crippen LogP contribution >= 0.6 is 0 Å². The van der Waals surface area contributed by atoms with Crippen LogP contribution in [0.2, 0.25) is 0 Å². The summed E-state index contributed by atoms with van der Waals surface area (Å²) >= 11 is 0. The van der Waals surface area contributed by atoms with E-state index in [1.54, 1.807) is 18.2 Å². The molecule has 1 aromatic heterocycles. The molecule has 122 valence electrons. The molecule has 0 bridgehead atoms. The number of aromatic nitrogens is 1. The molecule has 1 amide bonds. The number of hydrogen-bond acceptors (Lipinski definition) is 1. The number of rotatable bonds is 4. The van der Waals surface area contributed by atoms with Crippen LogP contribution in [0.25, 0.3) is 10.9 Å². The van der Waals surface area contributed by atoms with Gasteiger partial charge in [0.05, 0.1) is 5.41 Å². The van der Waals surface area contributed by atoms with Crippen molar-refractivity contribution in [2.45, 2.75) is 31.7 Å². The van der Waals surface area contributed by atoms with Crippen LogP contribution < -0.4 is 5.32 Å². The molecule has 1 heterocycles. The monoisotopic (exact) mass is 322 g/mol. The first-order chi connectivity index (χ1) is 11.6. The van der Waals surface area contributed by atoms with Crippen molar-refractivity contribution in [1.29, 1.82) is 0 Å². The van der Waals surface area contributed by atoms with Crippen LogP contribution in [0.4, 0.5) is 4.39 Å². The highest BCUT2D eigenvalue weighted by Gasteiger charge is 2.53. The quantitative estimate of drug-likeness (QED) is 0.750. The second kappa shape index (κ2) is 5.48. The molecule has 1 fully saturated rings. The number of nitrogens with one attached hydrogen (secondary N) is 2. The van der Waals surface area contributed by atoms with Gasteiger partial charge in [-0.05, 0) is 37.5 Å². The fourth-order valence-corrected chi connectivity index (χ4v) is 3.60. The minimum atomic E-state index is -0.477. The summed E-state index contributed by atoms with van der Waals surface area (Å²) < 4.78 is 13.7. The Morgan fingerprint density at radius 2 is 1.88 bits per heavy atom. The van der Waals surface area contributed by atoms with Gasteiger partial charge in [-0.1, -0.05) is 36.4 Å². The molecule has 2 aromatic carbocycles. The number of carbonyl (C=O) groups excluding carboxylic acids is 1. The van der Waals surface area contributed by atoms with Crippen molar-refractivity contribution in [2.75, 3.05) is 0 Å². The van der Waals surface area contributed by atoms with Gasteiger partial charge in [0, 0.05) is 28.7 Å². The first-order valence-electron chi connectivity index (χ1n) is 8.21. The predicted molar refractivity (Wildman–Crippen MR) is 92.2 cm³/mol. The molecule has 0 aliphatic heterocycles. The minimum absolute atomic E-state index is 0.0152. The number of para-hydroxylation sites is 1. The van der Waals surface area contributed by atoms with Crippen LogP contribution in [-0.4, -0.2) is 10.9 Å². The molecule has 4 heteroatoms. The largest absolute Gasteiger partial charge is 0.358 e. The van der Waals surface area contributed by atoms with Crippen molar-refractivity contribution in [1.82, 2.24) is 10.3 Å². The van der Waals surface area contributed by atoms with E-state index in [1.165, 1.54) is 6.07 Å². The molecular formula is C20H19FN2O. The van der Waals surface area contributed by atoms with Crippen LogP contribution in [0.1, 0.15) is 29.7 Å². The molecule has 3 nitrogen and oxygen atoms in total. The van der Waals surface area contributed by atoms with Gasteiger partial charge in [0.25, 0.3) is 0 Å². The topological polar surface area (TPSA) is 44.9 Å². The summed E-state index contributed by atoms with van der Waals surface area (Å²) in [5.74, 6) is -0.301. The number of amides is 1. The highest BCUT2D eigenvalue weighted by molar-refractivity contribution is 5.98. The Bertz CT molecular complexity index is 924. The van der Waals surface area contributed by atoms with Gasteiger partial charge in [-0.2, -0.15) is 0 Å². The molecule has 0 saturated heterocycles. The zero-order valence-electron chi connectivity index (χ0n) is 13.5. The maximum Gasteiger partial charge on any atom is 0.231 e. The Labute approximate surface area is 139 Å². The first kappa shape index (κ1) is 14.9. The highest BCUT2D eigenvalue weighted by atomic mass is 19.1. The van der Waals surface area contributed by atoms with Crippen molar-refractivity contribution in [3.8, 4) is 0 Å². The lowest BCUT2D eigenvalue weighted by Gasteiger charge is -2.16. The van der Waals surface area contributed by atoms with E-state index in [9.17, 15) is 9.18 Å². The molecule has 0 radical (unpaired) electrons. The smallest absolute Gasteiger partial charge is 0.231 e. The van der Waals surface area contributed by atoms with Crippen LogP contribution in [0.15, 0.2) is 48.5 Å². The Hall–Kier alpha value is -2.62. The third kappa shape index (κ3) is 2.30. The Balaban J connectivity index is 1.62. The van der Waals surface area contributed by atoms with Gasteiger partial charge in [0.2, 0.25) is 5.91 Å². The predicted octanol–water partition coefficient (Wildman–Crippen LogP) is 3.96. The van der Waals surface area contributed by atoms with Crippen molar-refractivity contribution in [2.24, 2.45) is 0 Å². The summed E-state index contributed by atoms with van der Waals surface area (Å²) in [4.78, 5) is 16.2. The summed E-state index contributed by atoms with van der Waals surface area (Å²) in [6, 6.07) is 14.6. The summed E-state index contributed by atoms with van der Waals surface area (Å²) in [5, 5.41) is 4.04. The Morgan fingerprint density at radius 1 is 1.17 bits per heavy atom. The number of benzene rings is 2. The van der Waals surface area contributed by atoms with Gasteiger partial charge >= 0.3 is 0 Å². The lowest BCUT2D eigenvalue weighted by molar-refractivity contribution is -0.123. The standard InChI is InChI=1S/C20H19FN2O/c1-13-18(15-7-3-5-9-17(15)23-13)20(10-11-20)19(24)22-12-14-6-2-4-8-16(14)21/h2-9,23H,10-12H2,1H3,(H,22,24). The summed E-state index contributed by atoms with van der Waals surface area (Å²) in [7, 11) is 0. The average molecular weight is 322 g/mol. The minimum Gasteiger partial charge on any atom is -0.358 e. The van der Waals surface area contributed by atoms with E-state index in [-0.39, 0.29) is 18.3 Å². The number of hydrogen-bond donors (Lipinski definition) is 2. The number of fused-ring (bicyclic) bond motifs is 1. The van der Waals surface area contributed by atoms with Gasteiger partial charge in [-0.15, -0.1) is 0 Å². The average Bonchev–Trinajstić information content (AvgIpc) is 3.30. The van der Waals surface area contributed by atoms with Gasteiger partial charge in [-0.25, -0.2) is 4.39 Å². The molecule has 3 aromatic rings. The number of H-pyrrole nitrogens is 1. The summed E-state index contributed by atoms with van der Waals surface area (Å²) in [6.07, 6.45) is 1.66. The fourth-order valence-electron chi connectivity index (χ4n) is 3.60. The summed E-state index contributed by atoms with van der Waals surface area (Å²) in [5.41, 5.74) is 3.21. The van der Waals surface area contributed by atoms with Crippen molar-refractivity contribution in [3.05, 3.63) is 71.2 Å². The lowest BCUT2D eigenvalue weighted by Crippen LogP contribution is -2.34. The number of carbonyl (C=O) groups is 1. The van der Waals surface area contributed by atoms with Crippen LogP contribution in [-0.2, 0) is 16.8 Å². The van der Waals surface area contributed by atoms with E-state index in [2.05, 4.69) is 16.4 Å². The molecular weight excluding hydrogens is 303 g/mol. The van der Waals surface area contributed by atoms with E-state index >= 15 is 0 Å². The molecule has 0 unspecified atom stereocenters. The summed E-state index contributed by atoms with van der Waals surface area (Å²) in [6.45, 7) is 2.23. The van der Waals surface area contributed by atoms with Gasteiger partial charge < -0.3 is 10.3 Å². The van der Waals surface area contributed by atoms with Gasteiger partial charge in [0.1, 0.15) is 5.82 Å². The highest BCUT2D eigenvalue weighted by Crippen LogP contribution is 2.52. The van der Waals surface area contributed by atoms with Crippen LogP contribution in [0.5, 0.6) is 0 Å². The maximum absolute atomic E-state index is 13.7. The fraction of sp³-hybridized carbons (Fsp3) is 0.250. The zero-order chi connectivity index (χ0) is 16.7. The van der Waals surface area contributed by atoms with Crippen LogP contribution in [0, 0.1) is 12.7 Å². The lowest BCUT2D eigenvalue weighted by atomic mass is 9.92. The molecule has 1 saturated carbocycles. The second-order valence-electron chi connectivity index (χ2n) is 6.53. The molecule has 24 heavy (non-hydrogen) atoms. The van der Waals surface area contributed by atoms with E-state index in [0.29, 0.717) is 5.56 Å². The third-order valence-corrected chi connectivity index (χ3v) is 4.95. The maximum atomic E-state index is 13.7. The van der Waals surface area contributed by atoms with Crippen molar-refractivity contribution >= 4 is 16.8 Å². The third-order valence-electron chi connectivity index (χ3n) is 4.95. The van der Waals surface area contributed by atoms with E-state index < -0.39 is 5.41 Å². The SMILES string of the molecule is Cc1[nH]c2ccccc2c1C1(C(=O)NCc2ccccc2F)CC1.